The van der Waals surface area contributed by atoms with E-state index >= 15 is 0 Å². The van der Waals surface area contributed by atoms with E-state index in [0.29, 0.717) is 17.8 Å². The fraction of sp³-hybridized carbons (Fsp3) is 0.500. The number of fused-ring (bicyclic) bond motifs is 1. The van der Waals surface area contributed by atoms with E-state index < -0.39 is 5.97 Å². The molecule has 2 aromatic rings. The number of aromatic nitrogens is 1. The summed E-state index contributed by atoms with van der Waals surface area (Å²) in [5, 5.41) is 9.59. The predicted octanol–water partition coefficient (Wildman–Crippen LogP) is 2.78. The molecule has 0 radical (unpaired) electrons. The minimum absolute atomic E-state index is 0.0443. The molecular weight excluding hydrogens is 461 g/mol. The molecule has 0 saturated carbocycles. The van der Waals surface area contributed by atoms with Gasteiger partial charge in [-0.15, -0.1) is 0 Å². The number of aromatic carboxylic acids is 1. The van der Waals surface area contributed by atoms with E-state index in [1.54, 1.807) is 25.4 Å². The summed E-state index contributed by atoms with van der Waals surface area (Å²) < 4.78 is 18.2. The molecule has 0 saturated heterocycles. The Morgan fingerprint density at radius 1 is 1.13 bits per heavy atom. The number of carboxylic acid groups (broad SMARTS) is 1. The number of ether oxygens (including phenoxy) is 3. The van der Waals surface area contributed by atoms with Gasteiger partial charge in [-0.2, -0.15) is 0 Å². The monoisotopic (exact) mass is 493 g/mol. The molecule has 1 aliphatic carbocycles. The van der Waals surface area contributed by atoms with E-state index in [0.717, 1.165) is 23.1 Å². The summed E-state index contributed by atoms with van der Waals surface area (Å²) in [4.78, 5) is 16.1. The standard InChI is InChI=1S/C24H31NO5Se/c1-23(2)8-9-24(3,4)18-14-20(31-21-16(22(26)27)7-6-10-25-21)19(13-17(18)23)30-15-29-12-11-28-5/h6-7,10,13-14H,8-9,11-12,15H2,1-5H3,(H,26,27). The molecule has 1 aromatic heterocycles. The number of pyridine rings is 1. The van der Waals surface area contributed by atoms with Crippen molar-refractivity contribution in [3.05, 3.63) is 47.2 Å². The second-order valence-corrected chi connectivity index (χ2v) is 11.2. The van der Waals surface area contributed by atoms with Gasteiger partial charge in [-0.05, 0) is 0 Å². The molecule has 168 valence electrons. The Kier molecular flexibility index (Phi) is 7.43. The molecule has 0 atom stereocenters. The number of rotatable bonds is 9. The van der Waals surface area contributed by atoms with Crippen LogP contribution in [0.15, 0.2) is 30.5 Å². The summed E-state index contributed by atoms with van der Waals surface area (Å²) in [5.74, 6) is -0.223. The molecule has 0 fully saturated rings. The quantitative estimate of drug-likeness (QED) is 0.330. The maximum absolute atomic E-state index is 11.7. The summed E-state index contributed by atoms with van der Waals surface area (Å²) in [7, 11) is 1.63. The van der Waals surface area contributed by atoms with E-state index in [4.69, 9.17) is 14.2 Å². The van der Waals surface area contributed by atoms with Crippen molar-refractivity contribution in [2.24, 2.45) is 0 Å². The first-order valence-corrected chi connectivity index (χ1v) is 12.1. The van der Waals surface area contributed by atoms with Gasteiger partial charge < -0.3 is 0 Å². The first kappa shape index (κ1) is 23.7. The van der Waals surface area contributed by atoms with Crippen LogP contribution in [0.5, 0.6) is 5.75 Å². The Morgan fingerprint density at radius 3 is 2.45 bits per heavy atom. The number of hydrogen-bond donors (Lipinski definition) is 1. The summed E-state index contributed by atoms with van der Waals surface area (Å²) >= 11 is -0.330. The summed E-state index contributed by atoms with van der Waals surface area (Å²) in [6.45, 7) is 10.2. The van der Waals surface area contributed by atoms with Crippen LogP contribution in [0.4, 0.5) is 0 Å². The molecule has 1 aliphatic rings. The Hall–Kier alpha value is -1.92. The molecule has 3 rings (SSSR count). The van der Waals surface area contributed by atoms with Crippen molar-refractivity contribution >= 4 is 30.0 Å². The van der Waals surface area contributed by atoms with E-state index in [-0.39, 0.29) is 38.1 Å². The van der Waals surface area contributed by atoms with E-state index in [1.807, 2.05) is 0 Å². The predicted molar refractivity (Wildman–Crippen MR) is 121 cm³/mol. The Bertz CT molecular complexity index is 942. The van der Waals surface area contributed by atoms with Crippen molar-refractivity contribution in [2.75, 3.05) is 27.1 Å². The zero-order valence-electron chi connectivity index (χ0n) is 18.9. The maximum atomic E-state index is 11.7. The fourth-order valence-electron chi connectivity index (χ4n) is 3.81. The van der Waals surface area contributed by atoms with Crippen LogP contribution >= 0.6 is 0 Å². The Labute approximate surface area is 190 Å². The van der Waals surface area contributed by atoms with Crippen LogP contribution < -0.4 is 13.8 Å². The van der Waals surface area contributed by atoms with Crippen molar-refractivity contribution in [1.29, 1.82) is 0 Å². The van der Waals surface area contributed by atoms with Crippen LogP contribution in [-0.2, 0) is 20.3 Å². The molecule has 0 aliphatic heterocycles. The van der Waals surface area contributed by atoms with Crippen LogP contribution in [0.2, 0.25) is 0 Å². The average molecular weight is 492 g/mol. The zero-order valence-corrected chi connectivity index (χ0v) is 20.6. The van der Waals surface area contributed by atoms with Gasteiger partial charge in [0.05, 0.1) is 0 Å². The molecule has 1 heterocycles. The molecule has 0 bridgehead atoms. The normalized spacial score (nSPS) is 16.5. The van der Waals surface area contributed by atoms with Crippen LogP contribution in [-0.4, -0.2) is 58.1 Å². The van der Waals surface area contributed by atoms with Crippen LogP contribution in [0.25, 0.3) is 0 Å². The van der Waals surface area contributed by atoms with Gasteiger partial charge in [-0.3, -0.25) is 0 Å². The first-order chi connectivity index (χ1) is 14.7. The van der Waals surface area contributed by atoms with E-state index in [1.165, 1.54) is 11.1 Å². The number of benzene rings is 1. The molecule has 7 heteroatoms. The number of hydrogen-bond acceptors (Lipinski definition) is 5. The summed E-state index contributed by atoms with van der Waals surface area (Å²) in [6, 6.07) is 7.60. The van der Waals surface area contributed by atoms with E-state index in [2.05, 4.69) is 44.8 Å². The van der Waals surface area contributed by atoms with Crippen LogP contribution in [0, 0.1) is 0 Å². The van der Waals surface area contributed by atoms with E-state index in [9.17, 15) is 9.90 Å². The Morgan fingerprint density at radius 2 is 1.81 bits per heavy atom. The zero-order chi connectivity index (χ0) is 22.6. The molecule has 31 heavy (non-hydrogen) atoms. The summed E-state index contributed by atoms with van der Waals surface area (Å²) in [5.41, 5.74) is 2.92. The van der Waals surface area contributed by atoms with Crippen LogP contribution in [0.1, 0.15) is 62.0 Å². The molecular formula is C24H31NO5Se. The first-order valence-electron chi connectivity index (χ1n) is 10.4. The SMILES string of the molecule is COCCOCOc1cc2c(cc1[Se]c1ncccc1C(=O)O)C(C)(C)CCC2(C)C. The second-order valence-electron chi connectivity index (χ2n) is 9.04. The number of carbonyl (C=O) groups is 1. The molecule has 0 amide bonds. The van der Waals surface area contributed by atoms with Gasteiger partial charge in [-0.1, -0.05) is 0 Å². The van der Waals surface area contributed by atoms with Gasteiger partial charge in [0.2, 0.25) is 0 Å². The van der Waals surface area contributed by atoms with Crippen molar-refractivity contribution in [2.45, 2.75) is 51.4 Å². The number of nitrogens with zero attached hydrogens (tertiary/aromatic N) is 1. The minimum atomic E-state index is -0.963. The third kappa shape index (κ3) is 5.47. The van der Waals surface area contributed by atoms with Crippen molar-refractivity contribution in [3.63, 3.8) is 0 Å². The third-order valence-corrected chi connectivity index (χ3v) is 8.07. The molecule has 0 unspecified atom stereocenters. The average Bonchev–Trinajstić information content (AvgIpc) is 2.72. The molecule has 1 N–H and O–H groups in total. The molecule has 6 nitrogen and oxygen atoms in total. The Balaban J connectivity index is 2.02. The van der Waals surface area contributed by atoms with Gasteiger partial charge in [0, 0.05) is 0 Å². The molecule has 1 aromatic carbocycles. The fourth-order valence-corrected chi connectivity index (χ4v) is 5.87. The number of methoxy groups -OCH3 is 1. The number of carboxylic acids is 1. The van der Waals surface area contributed by atoms with Gasteiger partial charge in [-0.25, -0.2) is 0 Å². The molecule has 0 spiro atoms. The van der Waals surface area contributed by atoms with Crippen molar-refractivity contribution < 1.29 is 24.1 Å². The van der Waals surface area contributed by atoms with Gasteiger partial charge >= 0.3 is 190 Å². The summed E-state index contributed by atoms with van der Waals surface area (Å²) in [6.07, 6.45) is 3.85. The topological polar surface area (TPSA) is 77.9 Å². The second kappa shape index (κ2) is 9.70. The van der Waals surface area contributed by atoms with Gasteiger partial charge in [0.15, 0.2) is 0 Å². The van der Waals surface area contributed by atoms with Crippen molar-refractivity contribution in [1.82, 2.24) is 4.98 Å². The van der Waals surface area contributed by atoms with Gasteiger partial charge in [0.25, 0.3) is 0 Å². The third-order valence-electron chi connectivity index (χ3n) is 5.85. The van der Waals surface area contributed by atoms with Crippen molar-refractivity contribution in [3.8, 4) is 5.75 Å². The van der Waals surface area contributed by atoms with Gasteiger partial charge in [0.1, 0.15) is 0 Å². The van der Waals surface area contributed by atoms with Crippen LogP contribution in [0.3, 0.4) is 0 Å².